The standard InChI is InChI=1S/C16H21N5/c1-4-5-16-18-14-8-13(17)6-7-15(14)21(16)10-12-9-20(3)19-11(12)2/h6-9H,4-5,10,17H2,1-3H3. The monoisotopic (exact) mass is 283 g/mol. The van der Waals surface area contributed by atoms with Gasteiger partial charge in [-0.3, -0.25) is 4.68 Å². The zero-order valence-corrected chi connectivity index (χ0v) is 12.8. The van der Waals surface area contributed by atoms with Crippen LogP contribution in [0.5, 0.6) is 0 Å². The summed E-state index contributed by atoms with van der Waals surface area (Å²) in [5.74, 6) is 1.11. The summed E-state index contributed by atoms with van der Waals surface area (Å²) < 4.78 is 4.14. The number of hydrogen-bond acceptors (Lipinski definition) is 3. The summed E-state index contributed by atoms with van der Waals surface area (Å²) in [4.78, 5) is 4.75. The third-order valence-electron chi connectivity index (χ3n) is 3.77. The molecule has 1 aromatic carbocycles. The van der Waals surface area contributed by atoms with Gasteiger partial charge in [0.25, 0.3) is 0 Å². The molecule has 110 valence electrons. The van der Waals surface area contributed by atoms with Crippen molar-refractivity contribution in [3.63, 3.8) is 0 Å². The molecule has 0 aliphatic rings. The van der Waals surface area contributed by atoms with E-state index in [1.807, 2.05) is 30.8 Å². The van der Waals surface area contributed by atoms with E-state index >= 15 is 0 Å². The summed E-state index contributed by atoms with van der Waals surface area (Å²) in [6.07, 6.45) is 4.12. The highest BCUT2D eigenvalue weighted by atomic mass is 15.3. The van der Waals surface area contributed by atoms with E-state index in [0.29, 0.717) is 0 Å². The van der Waals surface area contributed by atoms with E-state index < -0.39 is 0 Å². The Balaban J connectivity index is 2.10. The van der Waals surface area contributed by atoms with Crippen LogP contribution < -0.4 is 5.73 Å². The van der Waals surface area contributed by atoms with Crippen molar-refractivity contribution in [1.29, 1.82) is 0 Å². The second-order valence-electron chi connectivity index (χ2n) is 5.53. The highest BCUT2D eigenvalue weighted by Crippen LogP contribution is 2.22. The van der Waals surface area contributed by atoms with Crippen molar-refractivity contribution < 1.29 is 0 Å². The van der Waals surface area contributed by atoms with Crippen LogP contribution >= 0.6 is 0 Å². The number of nitrogens with two attached hydrogens (primary N) is 1. The number of fused-ring (bicyclic) bond motifs is 1. The van der Waals surface area contributed by atoms with Gasteiger partial charge in [0.2, 0.25) is 0 Å². The lowest BCUT2D eigenvalue weighted by Gasteiger charge is -2.08. The number of nitrogen functional groups attached to an aromatic ring is 1. The molecule has 0 fully saturated rings. The molecular weight excluding hydrogens is 262 g/mol. The molecule has 0 aliphatic carbocycles. The largest absolute Gasteiger partial charge is 0.399 e. The van der Waals surface area contributed by atoms with Crippen LogP contribution in [0.4, 0.5) is 5.69 Å². The van der Waals surface area contributed by atoms with Gasteiger partial charge in [-0.2, -0.15) is 5.10 Å². The van der Waals surface area contributed by atoms with Gasteiger partial charge in [0.15, 0.2) is 0 Å². The quantitative estimate of drug-likeness (QED) is 0.749. The van der Waals surface area contributed by atoms with E-state index in [4.69, 9.17) is 10.7 Å². The molecule has 3 rings (SSSR count). The fourth-order valence-electron chi connectivity index (χ4n) is 2.76. The smallest absolute Gasteiger partial charge is 0.110 e. The van der Waals surface area contributed by atoms with Crippen LogP contribution in [0.15, 0.2) is 24.4 Å². The van der Waals surface area contributed by atoms with E-state index in [9.17, 15) is 0 Å². The molecule has 5 heteroatoms. The molecule has 2 aromatic heterocycles. The predicted octanol–water partition coefficient (Wildman–Crippen LogP) is 2.66. The zero-order chi connectivity index (χ0) is 15.0. The Morgan fingerprint density at radius 3 is 2.76 bits per heavy atom. The van der Waals surface area contributed by atoms with Crippen molar-refractivity contribution in [2.75, 3.05) is 5.73 Å². The third kappa shape index (κ3) is 2.51. The van der Waals surface area contributed by atoms with Gasteiger partial charge in [0.05, 0.1) is 23.3 Å². The average molecular weight is 283 g/mol. The maximum absolute atomic E-state index is 5.87. The maximum atomic E-state index is 5.87. The van der Waals surface area contributed by atoms with Crippen molar-refractivity contribution in [3.05, 3.63) is 41.5 Å². The second-order valence-corrected chi connectivity index (χ2v) is 5.53. The third-order valence-corrected chi connectivity index (χ3v) is 3.77. The van der Waals surface area contributed by atoms with Crippen molar-refractivity contribution in [1.82, 2.24) is 19.3 Å². The molecule has 0 atom stereocenters. The van der Waals surface area contributed by atoms with Crippen LogP contribution in [0.2, 0.25) is 0 Å². The Morgan fingerprint density at radius 2 is 2.10 bits per heavy atom. The van der Waals surface area contributed by atoms with Crippen LogP contribution in [0, 0.1) is 6.92 Å². The number of benzene rings is 1. The molecule has 2 N–H and O–H groups in total. The van der Waals surface area contributed by atoms with E-state index in [1.54, 1.807) is 0 Å². The number of anilines is 1. The molecule has 21 heavy (non-hydrogen) atoms. The predicted molar refractivity (Wildman–Crippen MR) is 85.2 cm³/mol. The fourth-order valence-corrected chi connectivity index (χ4v) is 2.76. The summed E-state index contributed by atoms with van der Waals surface area (Å²) in [6.45, 7) is 5.02. The molecule has 0 spiro atoms. The molecule has 0 saturated heterocycles. The fraction of sp³-hybridized carbons (Fsp3) is 0.375. The van der Waals surface area contributed by atoms with E-state index in [1.165, 1.54) is 5.56 Å². The first kappa shape index (κ1) is 13.7. The number of imidazole rings is 1. The molecule has 0 unspecified atom stereocenters. The van der Waals surface area contributed by atoms with Crippen molar-refractivity contribution >= 4 is 16.7 Å². The summed E-state index contributed by atoms with van der Waals surface area (Å²) >= 11 is 0. The van der Waals surface area contributed by atoms with Gasteiger partial charge < -0.3 is 10.3 Å². The first-order chi connectivity index (χ1) is 10.1. The minimum absolute atomic E-state index is 0.757. The molecular formula is C16H21N5. The molecule has 0 bridgehead atoms. The average Bonchev–Trinajstić information content (AvgIpc) is 2.91. The lowest BCUT2D eigenvalue weighted by atomic mass is 10.2. The van der Waals surface area contributed by atoms with Gasteiger partial charge in [0.1, 0.15) is 5.82 Å². The maximum Gasteiger partial charge on any atom is 0.110 e. The molecule has 5 nitrogen and oxygen atoms in total. The number of aromatic nitrogens is 4. The van der Waals surface area contributed by atoms with Crippen LogP contribution in [-0.2, 0) is 20.0 Å². The summed E-state index contributed by atoms with van der Waals surface area (Å²) in [5.41, 5.74) is 11.0. The van der Waals surface area contributed by atoms with Crippen LogP contribution in [0.25, 0.3) is 11.0 Å². The SMILES string of the molecule is CCCc1nc2cc(N)ccc2n1Cc1cn(C)nc1C. The number of nitrogens with zero attached hydrogens (tertiary/aromatic N) is 4. The highest BCUT2D eigenvalue weighted by molar-refractivity contribution is 5.79. The van der Waals surface area contributed by atoms with Crippen LogP contribution in [0.3, 0.4) is 0 Å². The number of aryl methyl sites for hydroxylation is 3. The zero-order valence-electron chi connectivity index (χ0n) is 12.8. The lowest BCUT2D eigenvalue weighted by molar-refractivity contribution is 0.718. The first-order valence-corrected chi connectivity index (χ1v) is 7.32. The second kappa shape index (κ2) is 5.24. The van der Waals surface area contributed by atoms with E-state index in [2.05, 4.69) is 28.9 Å². The minimum Gasteiger partial charge on any atom is -0.399 e. The first-order valence-electron chi connectivity index (χ1n) is 7.32. The van der Waals surface area contributed by atoms with Crippen LogP contribution in [0.1, 0.15) is 30.4 Å². The molecule has 0 amide bonds. The Labute approximate surface area is 124 Å². The van der Waals surface area contributed by atoms with E-state index in [-0.39, 0.29) is 0 Å². The lowest BCUT2D eigenvalue weighted by Crippen LogP contribution is -2.05. The van der Waals surface area contributed by atoms with E-state index in [0.717, 1.165) is 47.6 Å². The van der Waals surface area contributed by atoms with Gasteiger partial charge in [-0.25, -0.2) is 4.98 Å². The van der Waals surface area contributed by atoms with Gasteiger partial charge in [-0.15, -0.1) is 0 Å². The molecule has 2 heterocycles. The normalized spacial score (nSPS) is 11.4. The summed E-state index contributed by atoms with van der Waals surface area (Å²) in [5, 5.41) is 4.42. The highest BCUT2D eigenvalue weighted by Gasteiger charge is 2.13. The summed E-state index contributed by atoms with van der Waals surface area (Å²) in [7, 11) is 1.95. The van der Waals surface area contributed by atoms with Crippen molar-refractivity contribution in [2.24, 2.45) is 7.05 Å². The van der Waals surface area contributed by atoms with Crippen LogP contribution in [-0.4, -0.2) is 19.3 Å². The Bertz CT molecular complexity index is 781. The van der Waals surface area contributed by atoms with Crippen molar-refractivity contribution in [3.8, 4) is 0 Å². The van der Waals surface area contributed by atoms with Gasteiger partial charge >= 0.3 is 0 Å². The molecule has 0 saturated carbocycles. The summed E-state index contributed by atoms with van der Waals surface area (Å²) in [6, 6.07) is 5.94. The number of hydrogen-bond donors (Lipinski definition) is 1. The van der Waals surface area contributed by atoms with Gasteiger partial charge in [-0.1, -0.05) is 6.92 Å². The Hall–Kier alpha value is -2.30. The molecule has 0 aliphatic heterocycles. The van der Waals surface area contributed by atoms with Gasteiger partial charge in [0, 0.05) is 30.9 Å². The number of rotatable bonds is 4. The minimum atomic E-state index is 0.757. The Kier molecular flexibility index (Phi) is 3.41. The van der Waals surface area contributed by atoms with Crippen molar-refractivity contribution in [2.45, 2.75) is 33.2 Å². The van der Waals surface area contributed by atoms with Gasteiger partial charge in [-0.05, 0) is 31.5 Å². The molecule has 3 aromatic rings. The molecule has 0 radical (unpaired) electrons. The Morgan fingerprint density at radius 1 is 1.29 bits per heavy atom. The topological polar surface area (TPSA) is 61.7 Å².